The lowest BCUT2D eigenvalue weighted by Crippen LogP contribution is -2.18. The van der Waals surface area contributed by atoms with E-state index in [-0.39, 0.29) is 4.91 Å². The molecule has 0 saturated carbocycles. The number of hydrogen-bond acceptors (Lipinski definition) is 3. The molecule has 0 aliphatic carbocycles. The molecule has 0 amide bonds. The molecule has 1 heterocycles. The summed E-state index contributed by atoms with van der Waals surface area (Å²) in [5.74, 6) is 0.457. The Balaban J connectivity index is 2.50. The van der Waals surface area contributed by atoms with Crippen LogP contribution in [-0.2, 0) is 10.0 Å². The maximum Gasteiger partial charge on any atom is 0.284 e. The van der Waals surface area contributed by atoms with Gasteiger partial charge >= 0.3 is 0 Å². The topological polar surface area (TPSA) is 49.7 Å². The molecule has 5 heteroatoms. The second-order valence-corrected chi connectivity index (χ2v) is 5.27. The summed E-state index contributed by atoms with van der Waals surface area (Å²) in [4.78, 5) is 1.94. The normalized spacial score (nSPS) is 17.9. The maximum atomic E-state index is 11.8. The molecule has 1 aliphatic rings. The molecule has 1 aliphatic heterocycles. The molecule has 0 aromatic heterocycles. The van der Waals surface area contributed by atoms with E-state index in [9.17, 15) is 8.42 Å². The van der Waals surface area contributed by atoms with Gasteiger partial charge < -0.3 is 4.90 Å². The summed E-state index contributed by atoms with van der Waals surface area (Å²) in [5, 5.41) is 0. The number of amidine groups is 1. The molecule has 0 spiro atoms. The molecule has 84 valence electrons. The lowest BCUT2D eigenvalue weighted by atomic mass is 10.2. The Kier molecular flexibility index (Phi) is 2.55. The monoisotopic (exact) mass is 236 g/mol. The Morgan fingerprint density at radius 3 is 2.25 bits per heavy atom. The van der Waals surface area contributed by atoms with Crippen molar-refractivity contribution in [3.8, 4) is 0 Å². The molecule has 1 aromatic carbocycles. The first kappa shape index (κ1) is 10.9. The maximum absolute atomic E-state index is 11.8. The van der Waals surface area contributed by atoms with Gasteiger partial charge in [-0.1, -0.05) is 30.3 Å². The average molecular weight is 236 g/mol. The highest BCUT2D eigenvalue weighted by atomic mass is 32.2. The van der Waals surface area contributed by atoms with E-state index in [0.717, 1.165) is 0 Å². The highest BCUT2D eigenvalue weighted by molar-refractivity contribution is 8.00. The number of benzene rings is 1. The average Bonchev–Trinajstić information content (AvgIpc) is 2.56. The molecule has 4 nitrogen and oxygen atoms in total. The fraction of sp³-hybridized carbons (Fsp3) is 0.182. The van der Waals surface area contributed by atoms with Crippen molar-refractivity contribution in [3.63, 3.8) is 0 Å². The van der Waals surface area contributed by atoms with Crippen molar-refractivity contribution in [2.24, 2.45) is 4.40 Å². The molecule has 0 N–H and O–H groups in total. The van der Waals surface area contributed by atoms with Crippen LogP contribution in [0.25, 0.3) is 4.91 Å². The van der Waals surface area contributed by atoms with Crippen molar-refractivity contribution >= 4 is 20.8 Å². The van der Waals surface area contributed by atoms with Gasteiger partial charge in [0, 0.05) is 20.2 Å². The van der Waals surface area contributed by atoms with Crippen molar-refractivity contribution in [1.29, 1.82) is 0 Å². The van der Waals surface area contributed by atoms with E-state index in [0.29, 0.717) is 11.4 Å². The summed E-state index contributed by atoms with van der Waals surface area (Å²) in [6, 6.07) is 8.98. The van der Waals surface area contributed by atoms with E-state index in [4.69, 9.17) is 0 Å². The minimum atomic E-state index is -3.53. The number of rotatable bonds is 1. The van der Waals surface area contributed by atoms with Gasteiger partial charge in [-0.15, -0.1) is 4.40 Å². The van der Waals surface area contributed by atoms with Crippen LogP contribution in [0.4, 0.5) is 0 Å². The molecule has 0 bridgehead atoms. The van der Waals surface area contributed by atoms with Gasteiger partial charge in [0.05, 0.1) is 0 Å². The highest BCUT2D eigenvalue weighted by Crippen LogP contribution is 2.27. The standard InChI is InChI=1S/C11H12N2O2S/c1-13(2)11-8-10(16(14,15)12-11)9-6-4-3-5-7-9/h3-8H,1-2H3. The molecule has 0 unspecified atom stereocenters. The lowest BCUT2D eigenvalue weighted by molar-refractivity contribution is 0.603. The fourth-order valence-electron chi connectivity index (χ4n) is 1.44. The minimum Gasteiger partial charge on any atom is -0.362 e. The number of hydrogen-bond donors (Lipinski definition) is 0. The summed E-state index contributed by atoms with van der Waals surface area (Å²) >= 11 is 0. The van der Waals surface area contributed by atoms with Gasteiger partial charge in [-0.25, -0.2) is 0 Å². The summed E-state index contributed by atoms with van der Waals surface area (Å²) in [5.41, 5.74) is 0.670. The molecule has 1 aromatic rings. The molecule has 0 atom stereocenters. The van der Waals surface area contributed by atoms with E-state index < -0.39 is 10.0 Å². The molecular weight excluding hydrogens is 224 g/mol. The van der Waals surface area contributed by atoms with Crippen LogP contribution < -0.4 is 0 Å². The van der Waals surface area contributed by atoms with Crippen LogP contribution in [0.2, 0.25) is 0 Å². The molecule has 0 saturated heterocycles. The quantitative estimate of drug-likeness (QED) is 0.739. The molecular formula is C11H12N2O2S. The molecule has 0 radical (unpaired) electrons. The second-order valence-electron chi connectivity index (χ2n) is 3.69. The Labute approximate surface area is 95.0 Å². The van der Waals surface area contributed by atoms with Crippen molar-refractivity contribution < 1.29 is 8.42 Å². The lowest BCUT2D eigenvalue weighted by Gasteiger charge is -2.07. The van der Waals surface area contributed by atoms with E-state index in [2.05, 4.69) is 4.40 Å². The first-order valence-electron chi connectivity index (χ1n) is 4.80. The van der Waals surface area contributed by atoms with Gasteiger partial charge in [-0.2, -0.15) is 8.42 Å². The molecule has 16 heavy (non-hydrogen) atoms. The van der Waals surface area contributed by atoms with E-state index in [1.807, 2.05) is 6.07 Å². The van der Waals surface area contributed by atoms with Crippen LogP contribution in [0, 0.1) is 0 Å². The van der Waals surface area contributed by atoms with Gasteiger partial charge in [0.1, 0.15) is 10.7 Å². The number of sulfonamides is 1. The zero-order valence-corrected chi connectivity index (χ0v) is 9.90. The van der Waals surface area contributed by atoms with Gasteiger partial charge in [0.2, 0.25) is 0 Å². The largest absolute Gasteiger partial charge is 0.362 e. The zero-order chi connectivity index (χ0) is 11.8. The Morgan fingerprint density at radius 2 is 1.75 bits per heavy atom. The first-order chi connectivity index (χ1) is 7.50. The third-order valence-corrected chi connectivity index (χ3v) is 3.61. The van der Waals surface area contributed by atoms with Crippen LogP contribution in [-0.4, -0.2) is 33.2 Å². The third-order valence-electron chi connectivity index (χ3n) is 2.27. The predicted molar refractivity (Wildman–Crippen MR) is 64.5 cm³/mol. The van der Waals surface area contributed by atoms with Crippen LogP contribution >= 0.6 is 0 Å². The van der Waals surface area contributed by atoms with E-state index in [1.165, 1.54) is 0 Å². The second kappa shape index (κ2) is 3.75. The van der Waals surface area contributed by atoms with Gasteiger partial charge in [0.15, 0.2) is 0 Å². The van der Waals surface area contributed by atoms with Crippen molar-refractivity contribution in [2.75, 3.05) is 14.1 Å². The molecule has 0 fully saturated rings. The minimum absolute atomic E-state index is 0.261. The van der Waals surface area contributed by atoms with Gasteiger partial charge in [-0.05, 0) is 5.56 Å². The number of likely N-dealkylation sites (N-methyl/N-ethyl adjacent to an activating group) is 1. The summed E-state index contributed by atoms with van der Waals surface area (Å²) in [6.45, 7) is 0. The Bertz CT molecular complexity index is 557. The fourth-order valence-corrected chi connectivity index (χ4v) is 2.68. The van der Waals surface area contributed by atoms with Gasteiger partial charge in [0.25, 0.3) is 10.0 Å². The zero-order valence-electron chi connectivity index (χ0n) is 9.08. The van der Waals surface area contributed by atoms with E-state index >= 15 is 0 Å². The Morgan fingerprint density at radius 1 is 1.12 bits per heavy atom. The van der Waals surface area contributed by atoms with E-state index in [1.54, 1.807) is 49.3 Å². The third kappa shape index (κ3) is 1.86. The van der Waals surface area contributed by atoms with Gasteiger partial charge in [-0.3, -0.25) is 0 Å². The SMILES string of the molecule is CN(C)C1=NS(=O)(=O)C(c2ccccc2)=C1. The smallest absolute Gasteiger partial charge is 0.284 e. The van der Waals surface area contributed by atoms with Crippen LogP contribution in [0.3, 0.4) is 0 Å². The van der Waals surface area contributed by atoms with Crippen molar-refractivity contribution in [1.82, 2.24) is 4.90 Å². The Hall–Kier alpha value is -1.62. The highest BCUT2D eigenvalue weighted by Gasteiger charge is 2.26. The summed E-state index contributed by atoms with van der Waals surface area (Å²) < 4.78 is 27.3. The van der Waals surface area contributed by atoms with Crippen LogP contribution in [0.5, 0.6) is 0 Å². The summed E-state index contributed by atoms with van der Waals surface area (Å²) in [7, 11) is -0.00155. The summed E-state index contributed by atoms with van der Waals surface area (Å²) in [6.07, 6.45) is 1.59. The van der Waals surface area contributed by atoms with Crippen LogP contribution in [0.15, 0.2) is 40.8 Å². The van der Waals surface area contributed by atoms with Crippen molar-refractivity contribution in [3.05, 3.63) is 42.0 Å². The molecule has 2 rings (SSSR count). The predicted octanol–water partition coefficient (Wildman–Crippen LogP) is 1.33. The van der Waals surface area contributed by atoms with Crippen molar-refractivity contribution in [2.45, 2.75) is 0 Å². The number of nitrogens with zero attached hydrogens (tertiary/aromatic N) is 2. The first-order valence-corrected chi connectivity index (χ1v) is 6.24. The van der Waals surface area contributed by atoms with Crippen LogP contribution in [0.1, 0.15) is 5.56 Å².